The SMILES string of the molecule is C/C=C\C(=C/C1=CN(c2ccc(C(C)(C)C)cc2)c2cc(C)cc3c2B1c1cc2c(cc1N3c1ccccc1)OCCO2)C(C)(C)C. The number of ether oxygens (including phenoxy) is 2. The Morgan fingerprint density at radius 1 is 0.766 bits per heavy atom. The van der Waals surface area contributed by atoms with Crippen LogP contribution < -0.4 is 30.2 Å². The smallest absolute Gasteiger partial charge is 0.251 e. The second-order valence-corrected chi connectivity index (χ2v) is 15.0. The Hall–Kier alpha value is -4.64. The van der Waals surface area contributed by atoms with Crippen molar-refractivity contribution >= 4 is 46.1 Å². The van der Waals surface area contributed by atoms with Crippen molar-refractivity contribution in [2.24, 2.45) is 5.41 Å². The van der Waals surface area contributed by atoms with Crippen LogP contribution in [-0.4, -0.2) is 19.9 Å². The first kappa shape index (κ1) is 31.0. The van der Waals surface area contributed by atoms with Crippen LogP contribution in [0.15, 0.2) is 114 Å². The minimum atomic E-state index is -0.0384. The number of allylic oxidation sites excluding steroid dienone is 5. The molecular weight excluding hydrogens is 575 g/mol. The van der Waals surface area contributed by atoms with E-state index in [1.807, 2.05) is 0 Å². The molecule has 47 heavy (non-hydrogen) atoms. The molecule has 0 spiro atoms. The van der Waals surface area contributed by atoms with Crippen LogP contribution in [0.25, 0.3) is 0 Å². The van der Waals surface area contributed by atoms with Gasteiger partial charge in [0.1, 0.15) is 13.2 Å². The van der Waals surface area contributed by atoms with E-state index in [-0.39, 0.29) is 17.5 Å². The van der Waals surface area contributed by atoms with Crippen molar-refractivity contribution in [2.75, 3.05) is 23.0 Å². The third-order valence-corrected chi connectivity index (χ3v) is 9.49. The number of benzene rings is 4. The molecule has 0 atom stereocenters. The third kappa shape index (κ3) is 5.56. The Morgan fingerprint density at radius 2 is 1.43 bits per heavy atom. The van der Waals surface area contributed by atoms with Crippen LogP contribution in [-0.2, 0) is 5.41 Å². The molecule has 0 N–H and O–H groups in total. The minimum Gasteiger partial charge on any atom is -0.486 e. The quantitative estimate of drug-likeness (QED) is 0.168. The molecule has 238 valence electrons. The van der Waals surface area contributed by atoms with E-state index in [0.29, 0.717) is 13.2 Å². The van der Waals surface area contributed by atoms with E-state index in [0.717, 1.165) is 28.6 Å². The van der Waals surface area contributed by atoms with E-state index >= 15 is 0 Å². The highest BCUT2D eigenvalue weighted by atomic mass is 16.6. The number of fused-ring (bicyclic) bond motifs is 3. The van der Waals surface area contributed by atoms with Crippen LogP contribution in [0.3, 0.4) is 0 Å². The summed E-state index contributed by atoms with van der Waals surface area (Å²) >= 11 is 0. The lowest BCUT2D eigenvalue weighted by molar-refractivity contribution is 0.172. The first-order valence-corrected chi connectivity index (χ1v) is 16.8. The van der Waals surface area contributed by atoms with Crippen LogP contribution >= 0.6 is 0 Å². The average Bonchev–Trinajstić information content (AvgIpc) is 3.04. The number of anilines is 5. The molecule has 3 aliphatic heterocycles. The summed E-state index contributed by atoms with van der Waals surface area (Å²) in [6.07, 6.45) is 9.21. The van der Waals surface area contributed by atoms with Gasteiger partial charge in [0.05, 0.1) is 0 Å². The second kappa shape index (κ2) is 11.6. The van der Waals surface area contributed by atoms with Crippen molar-refractivity contribution in [2.45, 2.75) is 60.8 Å². The zero-order valence-electron chi connectivity index (χ0n) is 29.0. The highest BCUT2D eigenvalue weighted by Gasteiger charge is 2.43. The summed E-state index contributed by atoms with van der Waals surface area (Å²) in [6, 6.07) is 28.9. The zero-order chi connectivity index (χ0) is 33.1. The van der Waals surface area contributed by atoms with Gasteiger partial charge < -0.3 is 19.3 Å². The highest BCUT2D eigenvalue weighted by molar-refractivity contribution is 6.95. The monoisotopic (exact) mass is 620 g/mol. The number of hydrogen-bond acceptors (Lipinski definition) is 4. The summed E-state index contributed by atoms with van der Waals surface area (Å²) in [6.45, 7) is 19.1. The van der Waals surface area contributed by atoms with E-state index in [4.69, 9.17) is 9.47 Å². The molecule has 7 rings (SSSR count). The topological polar surface area (TPSA) is 24.9 Å². The number of para-hydroxylation sites is 1. The van der Waals surface area contributed by atoms with Crippen molar-refractivity contribution in [1.82, 2.24) is 0 Å². The van der Waals surface area contributed by atoms with Crippen LogP contribution in [0.5, 0.6) is 11.5 Å². The van der Waals surface area contributed by atoms with Crippen LogP contribution in [0.4, 0.5) is 28.4 Å². The summed E-state index contributed by atoms with van der Waals surface area (Å²) in [5, 5.41) is 0. The van der Waals surface area contributed by atoms with Crippen molar-refractivity contribution in [3.05, 3.63) is 125 Å². The van der Waals surface area contributed by atoms with E-state index in [9.17, 15) is 0 Å². The minimum absolute atomic E-state index is 0.000840. The molecule has 0 amide bonds. The molecule has 0 unspecified atom stereocenters. The van der Waals surface area contributed by atoms with Gasteiger partial charge in [-0.1, -0.05) is 95.6 Å². The fraction of sp³-hybridized carbons (Fsp3) is 0.286. The lowest BCUT2D eigenvalue weighted by Crippen LogP contribution is -2.55. The molecule has 5 heteroatoms. The number of aryl methyl sites for hydroxylation is 1. The maximum atomic E-state index is 6.22. The van der Waals surface area contributed by atoms with Crippen molar-refractivity contribution < 1.29 is 9.47 Å². The standard InChI is InChI=1S/C42H45BN2O2/c1-9-13-30(42(6,7)8)24-31-27-44(32-18-16-29(17-19-32)41(3,4)5)36-22-28(2)23-37-40(36)43(31)34-25-38-39(47-21-20-46-38)26-35(34)45(37)33-14-11-10-12-15-33/h9-19,22-27H,20-21H2,1-8H3/b13-9-,30-24+. The Balaban J connectivity index is 1.55. The highest BCUT2D eigenvalue weighted by Crippen LogP contribution is 2.46. The van der Waals surface area contributed by atoms with Crippen LogP contribution in [0.2, 0.25) is 0 Å². The van der Waals surface area contributed by atoms with Gasteiger partial charge in [0, 0.05) is 40.7 Å². The molecule has 0 fully saturated rings. The summed E-state index contributed by atoms with van der Waals surface area (Å²) in [7, 11) is 0. The summed E-state index contributed by atoms with van der Waals surface area (Å²) in [5.41, 5.74) is 13.4. The molecule has 0 aliphatic carbocycles. The largest absolute Gasteiger partial charge is 0.486 e. The van der Waals surface area contributed by atoms with Crippen molar-refractivity contribution in [1.29, 1.82) is 0 Å². The lowest BCUT2D eigenvalue weighted by atomic mass is 9.33. The molecule has 3 aliphatic rings. The van der Waals surface area contributed by atoms with Gasteiger partial charge in [-0.2, -0.15) is 0 Å². The third-order valence-electron chi connectivity index (χ3n) is 9.49. The molecule has 3 heterocycles. The number of hydrogen-bond donors (Lipinski definition) is 0. The Morgan fingerprint density at radius 3 is 2.06 bits per heavy atom. The fourth-order valence-corrected chi connectivity index (χ4v) is 7.07. The van der Waals surface area contributed by atoms with Gasteiger partial charge in [0.25, 0.3) is 6.71 Å². The molecule has 4 aromatic rings. The van der Waals surface area contributed by atoms with Gasteiger partial charge in [-0.05, 0) is 94.8 Å². The van der Waals surface area contributed by atoms with Gasteiger partial charge in [-0.3, -0.25) is 0 Å². The predicted octanol–water partition coefficient (Wildman–Crippen LogP) is 9.58. The van der Waals surface area contributed by atoms with Crippen molar-refractivity contribution in [3.63, 3.8) is 0 Å². The van der Waals surface area contributed by atoms with Gasteiger partial charge in [-0.15, -0.1) is 0 Å². The van der Waals surface area contributed by atoms with Crippen LogP contribution in [0.1, 0.15) is 59.6 Å². The normalized spacial score (nSPS) is 15.9. The first-order valence-electron chi connectivity index (χ1n) is 16.8. The van der Waals surface area contributed by atoms with E-state index in [2.05, 4.69) is 168 Å². The maximum Gasteiger partial charge on any atom is 0.251 e. The van der Waals surface area contributed by atoms with Gasteiger partial charge in [0.2, 0.25) is 0 Å². The van der Waals surface area contributed by atoms with Crippen molar-refractivity contribution in [3.8, 4) is 11.5 Å². The average molecular weight is 621 g/mol. The molecular formula is C42H45BN2O2. The summed E-state index contributed by atoms with van der Waals surface area (Å²) in [5.74, 6) is 1.61. The van der Waals surface area contributed by atoms with Crippen LogP contribution in [0, 0.1) is 12.3 Å². The molecule has 4 nitrogen and oxygen atoms in total. The Kier molecular flexibility index (Phi) is 7.62. The maximum absolute atomic E-state index is 6.22. The molecule has 4 aromatic carbocycles. The predicted molar refractivity (Wildman–Crippen MR) is 200 cm³/mol. The Labute approximate surface area is 281 Å². The summed E-state index contributed by atoms with van der Waals surface area (Å²) in [4.78, 5) is 4.82. The molecule has 0 saturated heterocycles. The van der Waals surface area contributed by atoms with Gasteiger partial charge in [0.15, 0.2) is 11.5 Å². The number of nitrogens with zero attached hydrogens (tertiary/aromatic N) is 2. The van der Waals surface area contributed by atoms with E-state index < -0.39 is 0 Å². The lowest BCUT2D eigenvalue weighted by Gasteiger charge is -2.43. The van der Waals surface area contributed by atoms with E-state index in [1.165, 1.54) is 44.5 Å². The molecule has 0 radical (unpaired) electrons. The number of rotatable bonds is 4. The second-order valence-electron chi connectivity index (χ2n) is 15.0. The molecule has 0 bridgehead atoms. The van der Waals surface area contributed by atoms with Gasteiger partial charge in [-0.25, -0.2) is 0 Å². The molecule has 0 aromatic heterocycles. The zero-order valence-corrected chi connectivity index (χ0v) is 29.0. The van der Waals surface area contributed by atoms with Gasteiger partial charge >= 0.3 is 0 Å². The Bertz CT molecular complexity index is 1920. The first-order chi connectivity index (χ1) is 22.4. The van der Waals surface area contributed by atoms with E-state index in [1.54, 1.807) is 0 Å². The fourth-order valence-electron chi connectivity index (χ4n) is 7.07. The molecule has 0 saturated carbocycles. The summed E-state index contributed by atoms with van der Waals surface area (Å²) < 4.78 is 12.4.